The molecule has 0 unspecified atom stereocenters. The molecule has 132 valence electrons. The number of aliphatic hydroxyl groups is 1. The van der Waals surface area contributed by atoms with Gasteiger partial charge in [0, 0.05) is 17.1 Å². The van der Waals surface area contributed by atoms with E-state index in [0.717, 1.165) is 24.8 Å². The Morgan fingerprint density at radius 1 is 1.17 bits per heavy atom. The van der Waals surface area contributed by atoms with E-state index < -0.39 is 12.2 Å². The van der Waals surface area contributed by atoms with Gasteiger partial charge in [0.1, 0.15) is 17.8 Å². The van der Waals surface area contributed by atoms with Crippen molar-refractivity contribution in [3.8, 4) is 0 Å². The van der Waals surface area contributed by atoms with E-state index in [1.807, 2.05) is 6.92 Å². The van der Waals surface area contributed by atoms with Gasteiger partial charge in [0.25, 0.3) is 0 Å². The van der Waals surface area contributed by atoms with Crippen molar-refractivity contribution in [3.63, 3.8) is 0 Å². The van der Waals surface area contributed by atoms with Crippen LogP contribution in [0.1, 0.15) is 59.8 Å². The van der Waals surface area contributed by atoms with Crippen LogP contribution in [0.15, 0.2) is 11.1 Å². The molecule has 2 aliphatic heterocycles. The number of fused-ring (bicyclic) bond motifs is 4. The number of aliphatic hydroxyl groups excluding tert-OH is 1. The van der Waals surface area contributed by atoms with E-state index >= 15 is 0 Å². The zero-order valence-corrected chi connectivity index (χ0v) is 15.1. The van der Waals surface area contributed by atoms with Crippen molar-refractivity contribution in [3.05, 3.63) is 11.1 Å². The third kappa shape index (κ3) is 1.56. The van der Waals surface area contributed by atoms with Gasteiger partial charge in [-0.2, -0.15) is 0 Å². The SMILES string of the molecule is CC1=C2[C@@H](OC1=O)[C@@H](O)[C@@H]1[C@@]3(C)CCCC(C)(C)[C@@H]3CC[C@@]13O[C@@H]23. The summed E-state index contributed by atoms with van der Waals surface area (Å²) in [6.07, 6.45) is 4.64. The quantitative estimate of drug-likeness (QED) is 0.547. The van der Waals surface area contributed by atoms with Crippen molar-refractivity contribution in [2.45, 2.75) is 83.7 Å². The Kier molecular flexibility index (Phi) is 2.74. The van der Waals surface area contributed by atoms with Gasteiger partial charge in [-0.15, -0.1) is 0 Å². The first-order valence-corrected chi connectivity index (χ1v) is 9.50. The first-order valence-electron chi connectivity index (χ1n) is 9.50. The molecule has 0 aromatic rings. The molecule has 1 saturated heterocycles. The summed E-state index contributed by atoms with van der Waals surface area (Å²) in [6, 6.07) is 0. The van der Waals surface area contributed by atoms with Crippen molar-refractivity contribution >= 4 is 5.97 Å². The fourth-order valence-electron chi connectivity index (χ4n) is 7.33. The van der Waals surface area contributed by atoms with Crippen molar-refractivity contribution in [1.82, 2.24) is 0 Å². The predicted molar refractivity (Wildman–Crippen MR) is 88.1 cm³/mol. The molecule has 4 fully saturated rings. The highest BCUT2D eigenvalue weighted by molar-refractivity contribution is 5.92. The number of epoxide rings is 1. The molecular weight excluding hydrogens is 304 g/mol. The van der Waals surface area contributed by atoms with E-state index in [0.29, 0.717) is 16.9 Å². The van der Waals surface area contributed by atoms with Crippen LogP contribution in [0.4, 0.5) is 0 Å². The molecule has 3 saturated carbocycles. The van der Waals surface area contributed by atoms with Crippen LogP contribution in [-0.2, 0) is 14.3 Å². The Morgan fingerprint density at radius 2 is 1.92 bits per heavy atom. The van der Waals surface area contributed by atoms with Crippen LogP contribution in [0.2, 0.25) is 0 Å². The van der Waals surface area contributed by atoms with Crippen LogP contribution >= 0.6 is 0 Å². The molecule has 5 rings (SSSR count). The van der Waals surface area contributed by atoms with E-state index in [9.17, 15) is 9.90 Å². The maximum Gasteiger partial charge on any atom is 0.334 e. The topological polar surface area (TPSA) is 59.1 Å². The van der Waals surface area contributed by atoms with Gasteiger partial charge in [0.05, 0.1) is 0 Å². The van der Waals surface area contributed by atoms with Crippen LogP contribution in [0.5, 0.6) is 0 Å². The van der Waals surface area contributed by atoms with Gasteiger partial charge in [-0.05, 0) is 49.4 Å². The molecule has 4 heteroatoms. The van der Waals surface area contributed by atoms with Crippen molar-refractivity contribution < 1.29 is 19.4 Å². The molecule has 5 aliphatic rings. The standard InChI is InChI=1S/C20H28O4/c1-10-12-14(23-17(10)22)13(21)15-19(4)8-5-7-18(2,3)11(19)6-9-20(15)16(12)24-20/h11,13-16,21H,5-9H2,1-4H3/t11-,13+,14+,15+,16-,19-,20+/m0/s1. The second kappa shape index (κ2) is 4.27. The number of hydrogen-bond donors (Lipinski definition) is 1. The Balaban J connectivity index is 1.61. The summed E-state index contributed by atoms with van der Waals surface area (Å²) in [6.45, 7) is 8.96. The van der Waals surface area contributed by atoms with Gasteiger partial charge in [0.2, 0.25) is 0 Å². The molecule has 1 spiro atoms. The summed E-state index contributed by atoms with van der Waals surface area (Å²) < 4.78 is 11.9. The molecule has 0 bridgehead atoms. The summed E-state index contributed by atoms with van der Waals surface area (Å²) in [5.41, 5.74) is 1.70. The van der Waals surface area contributed by atoms with Crippen LogP contribution in [0, 0.1) is 22.7 Å². The fourth-order valence-corrected chi connectivity index (χ4v) is 7.33. The van der Waals surface area contributed by atoms with Crippen molar-refractivity contribution in [1.29, 1.82) is 0 Å². The maximum atomic E-state index is 12.1. The average Bonchev–Trinajstić information content (AvgIpc) is 3.10. The summed E-state index contributed by atoms with van der Waals surface area (Å²) in [5.74, 6) is 0.391. The van der Waals surface area contributed by atoms with Crippen LogP contribution in [-0.4, -0.2) is 35.0 Å². The van der Waals surface area contributed by atoms with Gasteiger partial charge in [-0.25, -0.2) is 4.79 Å². The van der Waals surface area contributed by atoms with E-state index in [4.69, 9.17) is 9.47 Å². The molecule has 7 atom stereocenters. The number of rotatable bonds is 0. The molecule has 0 aromatic heterocycles. The lowest BCUT2D eigenvalue weighted by molar-refractivity contribution is -0.174. The summed E-state index contributed by atoms with van der Waals surface area (Å²) in [5, 5.41) is 11.3. The van der Waals surface area contributed by atoms with E-state index in [1.165, 1.54) is 12.8 Å². The van der Waals surface area contributed by atoms with Gasteiger partial charge >= 0.3 is 5.97 Å². The third-order valence-corrected chi connectivity index (χ3v) is 8.27. The van der Waals surface area contributed by atoms with Gasteiger partial charge in [0.15, 0.2) is 6.10 Å². The van der Waals surface area contributed by atoms with Gasteiger partial charge < -0.3 is 14.6 Å². The molecule has 24 heavy (non-hydrogen) atoms. The summed E-state index contributed by atoms with van der Waals surface area (Å²) in [4.78, 5) is 12.1. The van der Waals surface area contributed by atoms with Gasteiger partial charge in [-0.1, -0.05) is 27.2 Å². The first-order chi connectivity index (χ1) is 11.2. The Bertz CT molecular complexity index is 665. The predicted octanol–water partition coefficient (Wildman–Crippen LogP) is 2.98. The van der Waals surface area contributed by atoms with Crippen LogP contribution in [0.25, 0.3) is 0 Å². The lowest BCUT2D eigenvalue weighted by Gasteiger charge is -2.61. The van der Waals surface area contributed by atoms with Crippen LogP contribution < -0.4 is 0 Å². The Hall–Kier alpha value is -0.870. The second-order valence-electron chi connectivity index (χ2n) is 9.77. The average molecular weight is 332 g/mol. The van der Waals surface area contributed by atoms with Crippen LogP contribution in [0.3, 0.4) is 0 Å². The minimum atomic E-state index is -0.637. The first kappa shape index (κ1) is 15.4. The van der Waals surface area contributed by atoms with E-state index in [-0.39, 0.29) is 29.0 Å². The van der Waals surface area contributed by atoms with E-state index in [2.05, 4.69) is 20.8 Å². The van der Waals surface area contributed by atoms with Crippen molar-refractivity contribution in [2.24, 2.45) is 22.7 Å². The monoisotopic (exact) mass is 332 g/mol. The Labute approximate surface area is 143 Å². The largest absolute Gasteiger partial charge is 0.452 e. The summed E-state index contributed by atoms with van der Waals surface area (Å²) >= 11 is 0. The maximum absolute atomic E-state index is 12.1. The third-order valence-electron chi connectivity index (χ3n) is 8.27. The highest BCUT2D eigenvalue weighted by Crippen LogP contribution is 2.71. The number of hydrogen-bond acceptors (Lipinski definition) is 4. The molecule has 0 radical (unpaired) electrons. The normalized spacial score (nSPS) is 54.4. The molecular formula is C20H28O4. The number of esters is 1. The molecule has 0 amide bonds. The minimum absolute atomic E-state index is 0.00911. The number of ether oxygens (including phenoxy) is 2. The lowest BCUT2D eigenvalue weighted by Crippen LogP contribution is -2.63. The molecule has 4 nitrogen and oxygen atoms in total. The molecule has 1 N–H and O–H groups in total. The van der Waals surface area contributed by atoms with Crippen molar-refractivity contribution in [2.75, 3.05) is 0 Å². The lowest BCUT2D eigenvalue weighted by atomic mass is 9.43. The number of carbonyl (C=O) groups excluding carboxylic acids is 1. The van der Waals surface area contributed by atoms with E-state index in [1.54, 1.807) is 0 Å². The molecule has 3 aliphatic carbocycles. The smallest absolute Gasteiger partial charge is 0.334 e. The molecule has 0 aromatic carbocycles. The summed E-state index contributed by atoms with van der Waals surface area (Å²) in [7, 11) is 0. The second-order valence-corrected chi connectivity index (χ2v) is 9.77. The zero-order valence-electron chi connectivity index (χ0n) is 15.1. The minimum Gasteiger partial charge on any atom is -0.452 e. The molecule has 2 heterocycles. The van der Waals surface area contributed by atoms with Gasteiger partial charge in [-0.3, -0.25) is 0 Å². The fraction of sp³-hybridized carbons (Fsp3) is 0.850. The zero-order chi connectivity index (χ0) is 17.1. The number of carbonyl (C=O) groups is 1. The highest BCUT2D eigenvalue weighted by atomic mass is 16.6. The highest BCUT2D eigenvalue weighted by Gasteiger charge is 2.77. The Morgan fingerprint density at radius 3 is 2.67 bits per heavy atom.